The van der Waals surface area contributed by atoms with Gasteiger partial charge in [-0.05, 0) is 12.1 Å². The molecule has 0 saturated carbocycles. The van der Waals surface area contributed by atoms with Crippen molar-refractivity contribution in [2.75, 3.05) is 4.84 Å². The lowest BCUT2D eigenvalue weighted by Gasteiger charge is -2.01. The summed E-state index contributed by atoms with van der Waals surface area (Å²) < 4.78 is 0. The van der Waals surface area contributed by atoms with E-state index in [9.17, 15) is 0 Å². The summed E-state index contributed by atoms with van der Waals surface area (Å²) in [6.45, 7) is 0. The fourth-order valence-electron chi connectivity index (χ4n) is 1.18. The fraction of sp³-hybridized carbons (Fsp3) is 0. The van der Waals surface area contributed by atoms with E-state index in [0.29, 0.717) is 0 Å². The molecule has 0 atom stereocenters. The monoisotopic (exact) mass is 178 g/mol. The summed E-state index contributed by atoms with van der Waals surface area (Å²) in [7, 11) is 0. The highest BCUT2D eigenvalue weighted by atomic mass is 35.5. The molecule has 0 aliphatic heterocycles. The number of nitrogens with one attached hydrogen (secondary N) is 1. The van der Waals surface area contributed by atoms with Gasteiger partial charge in [-0.1, -0.05) is 18.2 Å². The zero-order valence-corrected chi connectivity index (χ0v) is 7.05. The van der Waals surface area contributed by atoms with Gasteiger partial charge in [0.05, 0.1) is 11.2 Å². The Kier molecular flexibility index (Phi) is 1.84. The third-order valence-corrected chi connectivity index (χ3v) is 1.94. The molecule has 3 heteroatoms. The van der Waals surface area contributed by atoms with Crippen molar-refractivity contribution in [2.45, 2.75) is 0 Å². The SMILES string of the molecule is ClNc1cccc2cccnc12. The molecule has 0 bridgehead atoms. The number of rotatable bonds is 1. The van der Waals surface area contributed by atoms with Gasteiger partial charge in [0.15, 0.2) is 0 Å². The average molecular weight is 179 g/mol. The lowest BCUT2D eigenvalue weighted by Crippen LogP contribution is -1.84. The van der Waals surface area contributed by atoms with Gasteiger partial charge in [0, 0.05) is 23.4 Å². The van der Waals surface area contributed by atoms with Crippen LogP contribution in [-0.4, -0.2) is 4.98 Å². The maximum Gasteiger partial charge on any atom is 0.0945 e. The molecule has 1 N–H and O–H groups in total. The Morgan fingerprint density at radius 2 is 2.00 bits per heavy atom. The predicted octanol–water partition coefficient (Wildman–Crippen LogP) is 2.80. The van der Waals surface area contributed by atoms with E-state index in [1.807, 2.05) is 30.3 Å². The van der Waals surface area contributed by atoms with Crippen molar-refractivity contribution in [2.24, 2.45) is 0 Å². The van der Waals surface area contributed by atoms with E-state index < -0.39 is 0 Å². The quantitative estimate of drug-likeness (QED) is 0.680. The summed E-state index contributed by atoms with van der Waals surface area (Å²) in [6.07, 6.45) is 1.75. The van der Waals surface area contributed by atoms with E-state index >= 15 is 0 Å². The molecule has 60 valence electrons. The summed E-state index contributed by atoms with van der Waals surface area (Å²) in [5, 5.41) is 1.09. The molecule has 0 aliphatic rings. The largest absolute Gasteiger partial charge is 0.296 e. The number of anilines is 1. The lowest BCUT2D eigenvalue weighted by molar-refractivity contribution is 1.41. The van der Waals surface area contributed by atoms with E-state index in [0.717, 1.165) is 16.6 Å². The molecule has 1 heterocycles. The number of nitrogens with zero attached hydrogens (tertiary/aromatic N) is 1. The Bertz CT molecular complexity index is 395. The molecule has 0 saturated heterocycles. The number of benzene rings is 1. The molecule has 0 unspecified atom stereocenters. The molecule has 2 rings (SSSR count). The number of halogens is 1. The fourth-order valence-corrected chi connectivity index (χ4v) is 1.33. The minimum absolute atomic E-state index is 0.842. The van der Waals surface area contributed by atoms with Crippen LogP contribution in [0.25, 0.3) is 10.9 Å². The third kappa shape index (κ3) is 1.10. The molecular formula is C9H7ClN2. The first-order valence-electron chi connectivity index (χ1n) is 3.62. The van der Waals surface area contributed by atoms with Crippen molar-refractivity contribution in [3.8, 4) is 0 Å². The Morgan fingerprint density at radius 1 is 1.17 bits per heavy atom. The van der Waals surface area contributed by atoms with E-state index in [2.05, 4.69) is 9.82 Å². The van der Waals surface area contributed by atoms with Gasteiger partial charge in [-0.3, -0.25) is 9.82 Å². The molecule has 2 aromatic rings. The zero-order valence-electron chi connectivity index (χ0n) is 6.29. The van der Waals surface area contributed by atoms with Gasteiger partial charge in [0.2, 0.25) is 0 Å². The minimum Gasteiger partial charge on any atom is -0.296 e. The van der Waals surface area contributed by atoms with E-state index in [4.69, 9.17) is 11.8 Å². The van der Waals surface area contributed by atoms with Gasteiger partial charge in [0.25, 0.3) is 0 Å². The standard InChI is InChI=1S/C9H7ClN2/c10-12-8-5-1-3-7-4-2-6-11-9(7)8/h1-6,12H. The lowest BCUT2D eigenvalue weighted by atomic mass is 10.2. The van der Waals surface area contributed by atoms with Gasteiger partial charge in [-0.25, -0.2) is 0 Å². The number of aromatic nitrogens is 1. The number of hydrogen-bond acceptors (Lipinski definition) is 2. The molecule has 0 spiro atoms. The first kappa shape index (κ1) is 7.37. The summed E-state index contributed by atoms with van der Waals surface area (Å²) >= 11 is 5.52. The highest BCUT2D eigenvalue weighted by Gasteiger charge is 1.97. The predicted molar refractivity (Wildman–Crippen MR) is 51.2 cm³/mol. The molecule has 0 fully saturated rings. The molecule has 0 amide bonds. The average Bonchev–Trinajstić information content (AvgIpc) is 2.17. The maximum atomic E-state index is 5.52. The minimum atomic E-state index is 0.842. The second-order valence-electron chi connectivity index (χ2n) is 2.48. The molecule has 1 aromatic carbocycles. The van der Waals surface area contributed by atoms with Gasteiger partial charge < -0.3 is 0 Å². The summed E-state index contributed by atoms with van der Waals surface area (Å²) in [4.78, 5) is 6.78. The number of pyridine rings is 1. The normalized spacial score (nSPS) is 10.1. The van der Waals surface area contributed by atoms with Gasteiger partial charge in [-0.2, -0.15) is 0 Å². The highest BCUT2D eigenvalue weighted by Crippen LogP contribution is 2.20. The second kappa shape index (κ2) is 2.99. The van der Waals surface area contributed by atoms with Crippen LogP contribution in [0.4, 0.5) is 5.69 Å². The Balaban J connectivity index is 2.79. The van der Waals surface area contributed by atoms with Crippen molar-refractivity contribution in [1.82, 2.24) is 4.98 Å². The van der Waals surface area contributed by atoms with Crippen molar-refractivity contribution >= 4 is 28.4 Å². The van der Waals surface area contributed by atoms with Crippen LogP contribution in [0.3, 0.4) is 0 Å². The molecule has 12 heavy (non-hydrogen) atoms. The Labute approximate surface area is 75.3 Å². The van der Waals surface area contributed by atoms with E-state index in [1.54, 1.807) is 6.20 Å². The van der Waals surface area contributed by atoms with Crippen LogP contribution in [0.5, 0.6) is 0 Å². The first-order valence-corrected chi connectivity index (χ1v) is 4.00. The topological polar surface area (TPSA) is 24.9 Å². The Morgan fingerprint density at radius 3 is 2.83 bits per heavy atom. The third-order valence-electron chi connectivity index (χ3n) is 1.73. The summed E-state index contributed by atoms with van der Waals surface area (Å²) in [6, 6.07) is 9.73. The van der Waals surface area contributed by atoms with Crippen LogP contribution < -0.4 is 4.84 Å². The van der Waals surface area contributed by atoms with Crippen molar-refractivity contribution in [3.63, 3.8) is 0 Å². The van der Waals surface area contributed by atoms with Crippen molar-refractivity contribution in [1.29, 1.82) is 0 Å². The molecule has 2 nitrogen and oxygen atoms in total. The summed E-state index contributed by atoms with van der Waals surface area (Å²) in [5.74, 6) is 0. The number of hydrogen-bond donors (Lipinski definition) is 1. The second-order valence-corrected chi connectivity index (χ2v) is 2.66. The smallest absolute Gasteiger partial charge is 0.0945 e. The van der Waals surface area contributed by atoms with Crippen LogP contribution in [-0.2, 0) is 0 Å². The van der Waals surface area contributed by atoms with Crippen LogP contribution in [0.2, 0.25) is 0 Å². The van der Waals surface area contributed by atoms with Crippen LogP contribution in [0.15, 0.2) is 36.5 Å². The first-order chi connectivity index (χ1) is 5.92. The molecule has 0 aliphatic carbocycles. The van der Waals surface area contributed by atoms with E-state index in [-0.39, 0.29) is 0 Å². The zero-order chi connectivity index (χ0) is 8.39. The maximum absolute atomic E-state index is 5.52. The highest BCUT2D eigenvalue weighted by molar-refractivity contribution is 6.25. The number of para-hydroxylation sites is 1. The number of fused-ring (bicyclic) bond motifs is 1. The molecule has 1 aromatic heterocycles. The van der Waals surface area contributed by atoms with Crippen molar-refractivity contribution in [3.05, 3.63) is 36.5 Å². The Hall–Kier alpha value is -1.28. The van der Waals surface area contributed by atoms with Gasteiger partial charge >= 0.3 is 0 Å². The van der Waals surface area contributed by atoms with Gasteiger partial charge in [0.1, 0.15) is 0 Å². The summed E-state index contributed by atoms with van der Waals surface area (Å²) in [5.41, 5.74) is 1.74. The van der Waals surface area contributed by atoms with Crippen molar-refractivity contribution < 1.29 is 0 Å². The van der Waals surface area contributed by atoms with Crippen LogP contribution >= 0.6 is 11.8 Å². The van der Waals surface area contributed by atoms with Crippen LogP contribution in [0.1, 0.15) is 0 Å². The molecular weight excluding hydrogens is 172 g/mol. The van der Waals surface area contributed by atoms with Crippen LogP contribution in [0, 0.1) is 0 Å². The molecule has 0 radical (unpaired) electrons. The van der Waals surface area contributed by atoms with Gasteiger partial charge in [-0.15, -0.1) is 0 Å². The van der Waals surface area contributed by atoms with E-state index in [1.165, 1.54) is 0 Å².